The van der Waals surface area contributed by atoms with E-state index >= 15 is 0 Å². The van der Waals surface area contributed by atoms with Crippen LogP contribution < -0.4 is 5.73 Å². The van der Waals surface area contributed by atoms with Gasteiger partial charge >= 0.3 is 6.18 Å². The van der Waals surface area contributed by atoms with Crippen LogP contribution in [0.2, 0.25) is 0 Å². The zero-order valence-corrected chi connectivity index (χ0v) is 15.2. The van der Waals surface area contributed by atoms with Gasteiger partial charge in [-0.2, -0.15) is 13.2 Å². The highest BCUT2D eigenvalue weighted by molar-refractivity contribution is 5.85. The Labute approximate surface area is 153 Å². The molecule has 1 amide bonds. The van der Waals surface area contributed by atoms with Crippen molar-refractivity contribution in [3.05, 3.63) is 35.4 Å². The third-order valence-corrected chi connectivity index (χ3v) is 4.67. The summed E-state index contributed by atoms with van der Waals surface area (Å²) in [4.78, 5) is 13.3. The minimum absolute atomic E-state index is 0. The van der Waals surface area contributed by atoms with E-state index in [0.717, 1.165) is 35.3 Å². The van der Waals surface area contributed by atoms with Crippen LogP contribution in [0.1, 0.15) is 36.8 Å². The van der Waals surface area contributed by atoms with E-state index in [2.05, 4.69) is 0 Å². The van der Waals surface area contributed by atoms with Crippen molar-refractivity contribution in [1.29, 1.82) is 0 Å². The van der Waals surface area contributed by atoms with Gasteiger partial charge in [-0.05, 0) is 37.7 Å². The Morgan fingerprint density at radius 3 is 2.40 bits per heavy atom. The second kappa shape index (κ2) is 9.43. The van der Waals surface area contributed by atoms with Crippen LogP contribution in [0, 0.1) is 12.8 Å². The maximum atomic E-state index is 12.8. The number of alkyl halides is 3. The lowest BCUT2D eigenvalue weighted by atomic mass is 9.99. The third kappa shape index (κ3) is 7.24. The molecule has 0 aromatic heterocycles. The van der Waals surface area contributed by atoms with Crippen molar-refractivity contribution in [2.24, 2.45) is 11.7 Å². The molecule has 3 nitrogen and oxygen atoms in total. The summed E-state index contributed by atoms with van der Waals surface area (Å²) in [5.74, 6) is -0.436. The van der Waals surface area contributed by atoms with Crippen LogP contribution in [-0.2, 0) is 11.2 Å². The minimum Gasteiger partial charge on any atom is -0.333 e. The summed E-state index contributed by atoms with van der Waals surface area (Å²) < 4.78 is 38.4. The lowest BCUT2D eigenvalue weighted by Crippen LogP contribution is -2.42. The van der Waals surface area contributed by atoms with Crippen LogP contribution in [0.25, 0.3) is 0 Å². The molecule has 1 aromatic rings. The Morgan fingerprint density at radius 2 is 1.88 bits per heavy atom. The van der Waals surface area contributed by atoms with Gasteiger partial charge in [0, 0.05) is 19.0 Å². The monoisotopic (exact) mass is 378 g/mol. The number of amides is 1. The molecule has 1 aliphatic rings. The van der Waals surface area contributed by atoms with Crippen LogP contribution in [0.3, 0.4) is 0 Å². The molecule has 142 valence electrons. The standard InChI is InChI=1S/C18H25F3N2O.ClH/c1-13-5-7-14(8-6-13)9-10-23(12-18(19,20)21)17(24)11-15-3-2-4-16(15)22;/h5-8,15-16H,2-4,9-12,22H2,1H3;1H/t15-,16+;/m0./s1. The third-order valence-electron chi connectivity index (χ3n) is 4.67. The van der Waals surface area contributed by atoms with Crippen molar-refractivity contribution < 1.29 is 18.0 Å². The van der Waals surface area contributed by atoms with E-state index < -0.39 is 18.6 Å². The Balaban J connectivity index is 0.00000312. The number of benzene rings is 1. The van der Waals surface area contributed by atoms with Gasteiger partial charge in [-0.1, -0.05) is 36.2 Å². The highest BCUT2D eigenvalue weighted by atomic mass is 35.5. The van der Waals surface area contributed by atoms with Gasteiger partial charge in [0.2, 0.25) is 5.91 Å². The van der Waals surface area contributed by atoms with E-state index in [1.54, 1.807) is 0 Å². The molecule has 0 saturated heterocycles. The first-order chi connectivity index (χ1) is 11.2. The molecule has 7 heteroatoms. The first-order valence-electron chi connectivity index (χ1n) is 8.40. The average molecular weight is 379 g/mol. The first kappa shape index (κ1) is 21.8. The summed E-state index contributed by atoms with van der Waals surface area (Å²) in [5, 5.41) is 0. The molecule has 0 radical (unpaired) electrons. The Hall–Kier alpha value is -1.27. The predicted octanol–water partition coefficient (Wildman–Crippen LogP) is 3.87. The molecule has 1 aromatic carbocycles. The van der Waals surface area contributed by atoms with E-state index in [1.165, 1.54) is 0 Å². The molecule has 2 atom stereocenters. The number of carbonyl (C=O) groups excluding carboxylic acids is 1. The molecule has 1 saturated carbocycles. The Bertz CT molecular complexity index is 548. The van der Waals surface area contributed by atoms with Crippen LogP contribution in [0.4, 0.5) is 13.2 Å². The van der Waals surface area contributed by atoms with Gasteiger partial charge in [0.05, 0.1) is 0 Å². The Kier molecular flexibility index (Phi) is 8.22. The van der Waals surface area contributed by atoms with Gasteiger partial charge in [-0.3, -0.25) is 4.79 Å². The molecule has 2 N–H and O–H groups in total. The summed E-state index contributed by atoms with van der Waals surface area (Å²) in [7, 11) is 0. The van der Waals surface area contributed by atoms with Gasteiger partial charge in [-0.25, -0.2) is 0 Å². The maximum Gasteiger partial charge on any atom is 0.406 e. The largest absolute Gasteiger partial charge is 0.406 e. The fourth-order valence-corrected chi connectivity index (χ4v) is 3.20. The number of nitrogens with two attached hydrogens (primary N) is 1. The number of hydrogen-bond acceptors (Lipinski definition) is 2. The molecule has 1 aliphatic carbocycles. The number of halogens is 4. The van der Waals surface area contributed by atoms with Gasteiger partial charge in [0.25, 0.3) is 0 Å². The van der Waals surface area contributed by atoms with Crippen LogP contribution in [0.15, 0.2) is 24.3 Å². The number of nitrogens with zero attached hydrogens (tertiary/aromatic N) is 1. The van der Waals surface area contributed by atoms with E-state index in [9.17, 15) is 18.0 Å². The molecule has 0 spiro atoms. The van der Waals surface area contributed by atoms with Crippen LogP contribution >= 0.6 is 12.4 Å². The zero-order chi connectivity index (χ0) is 17.7. The lowest BCUT2D eigenvalue weighted by molar-refractivity contribution is -0.161. The van der Waals surface area contributed by atoms with Gasteiger partial charge in [0.1, 0.15) is 6.54 Å². The van der Waals surface area contributed by atoms with E-state index in [1.807, 2.05) is 31.2 Å². The van der Waals surface area contributed by atoms with Crippen molar-refractivity contribution in [1.82, 2.24) is 4.90 Å². The fraction of sp³-hybridized carbons (Fsp3) is 0.611. The maximum absolute atomic E-state index is 12.8. The molecular weight excluding hydrogens is 353 g/mol. The predicted molar refractivity (Wildman–Crippen MR) is 94.7 cm³/mol. The Morgan fingerprint density at radius 1 is 1.24 bits per heavy atom. The number of rotatable bonds is 6. The first-order valence-corrected chi connectivity index (χ1v) is 8.40. The topological polar surface area (TPSA) is 46.3 Å². The second-order valence-electron chi connectivity index (χ2n) is 6.73. The molecule has 0 bridgehead atoms. The van der Waals surface area contributed by atoms with Crippen molar-refractivity contribution >= 4 is 18.3 Å². The molecule has 0 heterocycles. The smallest absolute Gasteiger partial charge is 0.333 e. The van der Waals surface area contributed by atoms with Crippen molar-refractivity contribution in [3.63, 3.8) is 0 Å². The van der Waals surface area contributed by atoms with Gasteiger partial charge < -0.3 is 10.6 Å². The molecular formula is C18H26ClF3N2O. The summed E-state index contributed by atoms with van der Waals surface area (Å²) in [6.45, 7) is 0.830. The summed E-state index contributed by atoms with van der Waals surface area (Å²) in [6.07, 6.45) is -1.24. The number of carbonyl (C=O) groups is 1. The average Bonchev–Trinajstić information content (AvgIpc) is 2.89. The molecule has 1 fully saturated rings. The number of hydrogen-bond donors (Lipinski definition) is 1. The lowest BCUT2D eigenvalue weighted by Gasteiger charge is -2.26. The van der Waals surface area contributed by atoms with Crippen molar-refractivity contribution in [2.75, 3.05) is 13.1 Å². The van der Waals surface area contributed by atoms with Crippen molar-refractivity contribution in [2.45, 2.75) is 51.2 Å². The molecule has 0 unspecified atom stereocenters. The molecule has 25 heavy (non-hydrogen) atoms. The number of aryl methyl sites for hydroxylation is 1. The van der Waals surface area contributed by atoms with Gasteiger partial charge in [0.15, 0.2) is 0 Å². The zero-order valence-electron chi connectivity index (χ0n) is 14.4. The quantitative estimate of drug-likeness (QED) is 0.816. The van der Waals surface area contributed by atoms with Crippen LogP contribution in [0.5, 0.6) is 0 Å². The highest BCUT2D eigenvalue weighted by Crippen LogP contribution is 2.28. The summed E-state index contributed by atoms with van der Waals surface area (Å²) >= 11 is 0. The normalized spacial score (nSPS) is 20.2. The molecule has 0 aliphatic heterocycles. The minimum atomic E-state index is -4.39. The van der Waals surface area contributed by atoms with E-state index in [4.69, 9.17) is 5.73 Å². The van der Waals surface area contributed by atoms with Crippen LogP contribution in [-0.4, -0.2) is 36.1 Å². The van der Waals surface area contributed by atoms with E-state index in [0.29, 0.717) is 6.42 Å². The van der Waals surface area contributed by atoms with Gasteiger partial charge in [-0.15, -0.1) is 12.4 Å². The van der Waals surface area contributed by atoms with Crippen molar-refractivity contribution in [3.8, 4) is 0 Å². The SMILES string of the molecule is Cc1ccc(CCN(CC(F)(F)F)C(=O)C[C@@H]2CCC[C@H]2N)cc1.Cl. The highest BCUT2D eigenvalue weighted by Gasteiger charge is 2.34. The fourth-order valence-electron chi connectivity index (χ4n) is 3.20. The summed E-state index contributed by atoms with van der Waals surface area (Å²) in [5.41, 5.74) is 7.96. The molecule has 2 rings (SSSR count). The summed E-state index contributed by atoms with van der Waals surface area (Å²) in [6, 6.07) is 7.54. The second-order valence-corrected chi connectivity index (χ2v) is 6.73. The van der Waals surface area contributed by atoms with E-state index in [-0.39, 0.29) is 37.3 Å².